The molecule has 1 unspecified atom stereocenters. The molecule has 0 aliphatic heterocycles. The summed E-state index contributed by atoms with van der Waals surface area (Å²) in [7, 11) is 0. The molecular weight excluding hydrogens is 198 g/mol. The third-order valence-electron chi connectivity index (χ3n) is 2.45. The molecule has 0 aliphatic rings. The van der Waals surface area contributed by atoms with Crippen LogP contribution in [0.4, 0.5) is 0 Å². The zero-order valence-corrected chi connectivity index (χ0v) is 10.2. The summed E-state index contributed by atoms with van der Waals surface area (Å²) in [6.07, 6.45) is 1.12. The fourth-order valence-corrected chi connectivity index (χ4v) is 2.09. The molecule has 0 bridgehead atoms. The van der Waals surface area contributed by atoms with Gasteiger partial charge in [-0.3, -0.25) is 4.79 Å². The highest BCUT2D eigenvalue weighted by molar-refractivity contribution is 8.00. The summed E-state index contributed by atoms with van der Waals surface area (Å²) in [6.45, 7) is 8.07. The summed E-state index contributed by atoms with van der Waals surface area (Å²) in [5, 5.41) is 8.80. The molecule has 0 heterocycles. The summed E-state index contributed by atoms with van der Waals surface area (Å²) in [5.74, 6) is 0.650. The van der Waals surface area contributed by atoms with E-state index in [1.165, 1.54) is 0 Å². The Morgan fingerprint density at radius 3 is 2.43 bits per heavy atom. The molecule has 0 fully saturated rings. The maximum absolute atomic E-state index is 10.7. The largest absolute Gasteiger partial charge is 0.480 e. The molecule has 84 valence electrons. The fraction of sp³-hybridized carbons (Fsp3) is 0.900. The van der Waals surface area contributed by atoms with Crippen LogP contribution in [0.1, 0.15) is 34.1 Å². The van der Waals surface area contributed by atoms with E-state index >= 15 is 0 Å². The first-order valence-corrected chi connectivity index (χ1v) is 5.92. The van der Waals surface area contributed by atoms with E-state index in [1.807, 2.05) is 13.8 Å². The molecule has 3 nitrogen and oxygen atoms in total. The normalized spacial score (nSPS) is 16.4. The Labute approximate surface area is 90.4 Å². The number of hydrogen-bond donors (Lipinski definition) is 2. The van der Waals surface area contributed by atoms with Gasteiger partial charge < -0.3 is 10.8 Å². The molecule has 2 atom stereocenters. The van der Waals surface area contributed by atoms with Gasteiger partial charge in [-0.15, -0.1) is 0 Å². The average molecular weight is 219 g/mol. The standard InChI is InChI=1S/C10H21NO2S/c1-5-7(2)6-14-10(3,4)8(11)9(12)13/h7-8H,5-6,11H2,1-4H3,(H,12,13)/t7?,8-/m0/s1. The number of thioether (sulfide) groups is 1. The van der Waals surface area contributed by atoms with Crippen molar-refractivity contribution in [1.29, 1.82) is 0 Å². The van der Waals surface area contributed by atoms with Gasteiger partial charge in [0.15, 0.2) is 0 Å². The van der Waals surface area contributed by atoms with E-state index in [0.717, 1.165) is 12.2 Å². The summed E-state index contributed by atoms with van der Waals surface area (Å²) in [5.41, 5.74) is 5.60. The van der Waals surface area contributed by atoms with Gasteiger partial charge in [-0.1, -0.05) is 20.3 Å². The van der Waals surface area contributed by atoms with Crippen LogP contribution in [0.5, 0.6) is 0 Å². The number of aliphatic carboxylic acids is 1. The van der Waals surface area contributed by atoms with Crippen LogP contribution < -0.4 is 5.73 Å². The smallest absolute Gasteiger partial charge is 0.321 e. The summed E-state index contributed by atoms with van der Waals surface area (Å²) in [6, 6.07) is -0.795. The molecule has 14 heavy (non-hydrogen) atoms. The number of nitrogens with two attached hydrogens (primary N) is 1. The van der Waals surface area contributed by atoms with Crippen LogP contribution in [0, 0.1) is 5.92 Å². The molecule has 0 aromatic heterocycles. The summed E-state index contributed by atoms with van der Waals surface area (Å²) < 4.78 is -0.394. The van der Waals surface area contributed by atoms with Gasteiger partial charge in [0.2, 0.25) is 0 Å². The van der Waals surface area contributed by atoms with E-state index in [2.05, 4.69) is 13.8 Å². The van der Waals surface area contributed by atoms with Crippen LogP contribution in [0.25, 0.3) is 0 Å². The monoisotopic (exact) mass is 219 g/mol. The predicted molar refractivity (Wildman–Crippen MR) is 61.6 cm³/mol. The Morgan fingerprint density at radius 1 is 1.57 bits per heavy atom. The molecule has 4 heteroatoms. The second-order valence-corrected chi connectivity index (χ2v) is 5.92. The second kappa shape index (κ2) is 5.61. The van der Waals surface area contributed by atoms with Crippen LogP contribution >= 0.6 is 11.8 Å². The number of carboxylic acid groups (broad SMARTS) is 1. The Bertz CT molecular complexity index is 195. The van der Waals surface area contributed by atoms with E-state index < -0.39 is 16.8 Å². The molecule has 0 saturated heterocycles. The first kappa shape index (κ1) is 13.8. The molecule has 0 spiro atoms. The van der Waals surface area contributed by atoms with Gasteiger partial charge in [0.25, 0.3) is 0 Å². The SMILES string of the molecule is CCC(C)CSC(C)(C)[C@@H](N)C(=O)O. The second-order valence-electron chi connectivity index (χ2n) is 4.24. The number of hydrogen-bond acceptors (Lipinski definition) is 3. The zero-order valence-electron chi connectivity index (χ0n) is 9.41. The van der Waals surface area contributed by atoms with E-state index in [-0.39, 0.29) is 0 Å². The molecule has 0 radical (unpaired) electrons. The van der Waals surface area contributed by atoms with E-state index in [4.69, 9.17) is 10.8 Å². The van der Waals surface area contributed by atoms with Crippen molar-refractivity contribution in [3.8, 4) is 0 Å². The average Bonchev–Trinajstić information content (AvgIpc) is 2.12. The first-order chi connectivity index (χ1) is 6.31. The first-order valence-electron chi connectivity index (χ1n) is 4.93. The number of rotatable bonds is 6. The maximum Gasteiger partial charge on any atom is 0.321 e. The van der Waals surface area contributed by atoms with Crippen molar-refractivity contribution < 1.29 is 9.90 Å². The molecule has 0 rings (SSSR count). The topological polar surface area (TPSA) is 63.3 Å². The van der Waals surface area contributed by atoms with Crippen LogP contribution in [0.3, 0.4) is 0 Å². The number of carbonyl (C=O) groups is 1. The zero-order chi connectivity index (χ0) is 11.4. The molecule has 0 saturated carbocycles. The minimum Gasteiger partial charge on any atom is -0.480 e. The Morgan fingerprint density at radius 2 is 2.07 bits per heavy atom. The Hall–Kier alpha value is -0.220. The Kier molecular flexibility index (Phi) is 5.52. The van der Waals surface area contributed by atoms with Gasteiger partial charge in [0.05, 0.1) is 0 Å². The Balaban J connectivity index is 4.13. The minimum absolute atomic E-state index is 0.394. The van der Waals surface area contributed by atoms with Crippen molar-refractivity contribution >= 4 is 17.7 Å². The lowest BCUT2D eigenvalue weighted by Crippen LogP contribution is -2.47. The lowest BCUT2D eigenvalue weighted by atomic mass is 10.1. The van der Waals surface area contributed by atoms with Crippen molar-refractivity contribution in [3.05, 3.63) is 0 Å². The molecule has 0 aliphatic carbocycles. The highest BCUT2D eigenvalue weighted by Gasteiger charge is 2.32. The van der Waals surface area contributed by atoms with Gasteiger partial charge >= 0.3 is 5.97 Å². The van der Waals surface area contributed by atoms with E-state index in [0.29, 0.717) is 5.92 Å². The maximum atomic E-state index is 10.7. The summed E-state index contributed by atoms with van der Waals surface area (Å²) >= 11 is 1.64. The van der Waals surface area contributed by atoms with Gasteiger partial charge in [0, 0.05) is 4.75 Å². The van der Waals surface area contributed by atoms with Crippen molar-refractivity contribution in [2.45, 2.75) is 44.9 Å². The minimum atomic E-state index is -0.924. The van der Waals surface area contributed by atoms with E-state index in [9.17, 15) is 4.79 Å². The van der Waals surface area contributed by atoms with Crippen molar-refractivity contribution in [2.75, 3.05) is 5.75 Å². The molecule has 3 N–H and O–H groups in total. The lowest BCUT2D eigenvalue weighted by Gasteiger charge is -2.29. The third-order valence-corrected chi connectivity index (χ3v) is 4.19. The van der Waals surface area contributed by atoms with Crippen LogP contribution in [0.2, 0.25) is 0 Å². The highest BCUT2D eigenvalue weighted by atomic mass is 32.2. The van der Waals surface area contributed by atoms with Crippen molar-refractivity contribution in [1.82, 2.24) is 0 Å². The highest BCUT2D eigenvalue weighted by Crippen LogP contribution is 2.29. The van der Waals surface area contributed by atoms with Crippen molar-refractivity contribution in [3.63, 3.8) is 0 Å². The molecule has 0 aromatic rings. The van der Waals surface area contributed by atoms with Crippen molar-refractivity contribution in [2.24, 2.45) is 11.7 Å². The third kappa shape index (κ3) is 4.33. The van der Waals surface area contributed by atoms with Gasteiger partial charge in [-0.2, -0.15) is 11.8 Å². The van der Waals surface area contributed by atoms with Gasteiger partial charge in [0.1, 0.15) is 6.04 Å². The predicted octanol–water partition coefficient (Wildman–Crippen LogP) is 1.96. The molecule has 0 aromatic carbocycles. The van der Waals surface area contributed by atoms with Crippen LogP contribution in [0.15, 0.2) is 0 Å². The number of carboxylic acids is 1. The van der Waals surface area contributed by atoms with Gasteiger partial charge in [-0.25, -0.2) is 0 Å². The quantitative estimate of drug-likeness (QED) is 0.717. The molecule has 0 amide bonds. The summed E-state index contributed by atoms with van der Waals surface area (Å²) in [4.78, 5) is 10.7. The van der Waals surface area contributed by atoms with E-state index in [1.54, 1.807) is 11.8 Å². The van der Waals surface area contributed by atoms with Crippen LogP contribution in [-0.2, 0) is 4.79 Å². The lowest BCUT2D eigenvalue weighted by molar-refractivity contribution is -0.139. The molecular formula is C10H21NO2S. The van der Waals surface area contributed by atoms with Gasteiger partial charge in [-0.05, 0) is 25.5 Å². The fourth-order valence-electron chi connectivity index (χ4n) is 0.862. The van der Waals surface area contributed by atoms with Crippen LogP contribution in [-0.4, -0.2) is 27.6 Å².